The van der Waals surface area contributed by atoms with E-state index in [2.05, 4.69) is 27.3 Å². The maximum Gasteiger partial charge on any atom is 0.335 e. The first-order chi connectivity index (χ1) is 14.0. The van der Waals surface area contributed by atoms with Gasteiger partial charge >= 0.3 is 5.97 Å². The quantitative estimate of drug-likeness (QED) is 0.427. The second-order valence-electron chi connectivity index (χ2n) is 6.90. The van der Waals surface area contributed by atoms with Gasteiger partial charge in [0.1, 0.15) is 12.4 Å². The smallest absolute Gasteiger partial charge is 0.335 e. The summed E-state index contributed by atoms with van der Waals surface area (Å²) >= 11 is 3.44. The standard InChI is InChI=1S/C24H24BrNO3/c1-17-14-19(8-11-22(17)24(27)28)15-26-13-12-20-4-2-3-5-23(20)29-16-18-6-9-21(25)10-7-18/h2-11,14,26H,12-13,15-16H2,1H3,(H,27,28). The molecule has 2 N–H and O–H groups in total. The number of halogens is 1. The summed E-state index contributed by atoms with van der Waals surface area (Å²) in [5, 5.41) is 12.5. The first kappa shape index (κ1) is 21.1. The van der Waals surface area contributed by atoms with E-state index in [-0.39, 0.29) is 0 Å². The second kappa shape index (κ2) is 10.2. The zero-order valence-electron chi connectivity index (χ0n) is 16.3. The van der Waals surface area contributed by atoms with Crippen molar-refractivity contribution < 1.29 is 14.6 Å². The van der Waals surface area contributed by atoms with Gasteiger partial charge < -0.3 is 15.2 Å². The average molecular weight is 454 g/mol. The van der Waals surface area contributed by atoms with Crippen LogP contribution in [0.2, 0.25) is 0 Å². The summed E-state index contributed by atoms with van der Waals surface area (Å²) in [5.41, 5.74) is 4.50. The van der Waals surface area contributed by atoms with E-state index >= 15 is 0 Å². The predicted octanol–water partition coefficient (Wildman–Crippen LogP) is 5.37. The van der Waals surface area contributed by atoms with Gasteiger partial charge in [0.05, 0.1) is 5.56 Å². The summed E-state index contributed by atoms with van der Waals surface area (Å²) in [6, 6.07) is 21.7. The molecular formula is C24H24BrNO3. The van der Waals surface area contributed by atoms with Crippen LogP contribution in [0.3, 0.4) is 0 Å². The molecule has 0 saturated carbocycles. The van der Waals surface area contributed by atoms with Crippen LogP contribution < -0.4 is 10.1 Å². The number of carboxylic acid groups (broad SMARTS) is 1. The Bertz CT molecular complexity index is 970. The van der Waals surface area contributed by atoms with Gasteiger partial charge in [-0.25, -0.2) is 4.79 Å². The van der Waals surface area contributed by atoms with E-state index in [9.17, 15) is 4.79 Å². The lowest BCUT2D eigenvalue weighted by Gasteiger charge is -2.12. The third-order valence-corrected chi connectivity index (χ3v) is 5.23. The molecule has 0 aliphatic carbocycles. The first-order valence-electron chi connectivity index (χ1n) is 9.51. The summed E-state index contributed by atoms with van der Waals surface area (Å²) in [6.07, 6.45) is 0.850. The summed E-state index contributed by atoms with van der Waals surface area (Å²) in [4.78, 5) is 11.1. The third kappa shape index (κ3) is 6.17. The van der Waals surface area contributed by atoms with Crippen LogP contribution >= 0.6 is 15.9 Å². The molecule has 3 rings (SSSR count). The summed E-state index contributed by atoms with van der Waals surface area (Å²) in [7, 11) is 0. The number of carboxylic acids is 1. The fraction of sp³-hybridized carbons (Fsp3) is 0.208. The van der Waals surface area contributed by atoms with Crippen LogP contribution in [0.5, 0.6) is 5.75 Å². The largest absolute Gasteiger partial charge is 0.489 e. The highest BCUT2D eigenvalue weighted by Gasteiger charge is 2.07. The zero-order chi connectivity index (χ0) is 20.6. The Morgan fingerprint density at radius 1 is 1.03 bits per heavy atom. The number of nitrogens with one attached hydrogen (secondary N) is 1. The molecule has 0 heterocycles. The monoisotopic (exact) mass is 453 g/mol. The van der Waals surface area contributed by atoms with E-state index in [0.717, 1.165) is 45.4 Å². The van der Waals surface area contributed by atoms with Crippen molar-refractivity contribution in [3.63, 3.8) is 0 Å². The number of ether oxygens (including phenoxy) is 1. The Morgan fingerprint density at radius 2 is 1.76 bits per heavy atom. The van der Waals surface area contributed by atoms with Gasteiger partial charge in [0.2, 0.25) is 0 Å². The molecule has 0 aliphatic heterocycles. The molecule has 0 unspecified atom stereocenters. The molecule has 0 aliphatic rings. The van der Waals surface area contributed by atoms with Crippen LogP contribution in [0.4, 0.5) is 0 Å². The fourth-order valence-corrected chi connectivity index (χ4v) is 3.39. The molecule has 0 radical (unpaired) electrons. The molecule has 5 heteroatoms. The van der Waals surface area contributed by atoms with Gasteiger partial charge in [0.25, 0.3) is 0 Å². The van der Waals surface area contributed by atoms with Crippen molar-refractivity contribution >= 4 is 21.9 Å². The third-order valence-electron chi connectivity index (χ3n) is 4.70. The summed E-state index contributed by atoms with van der Waals surface area (Å²) in [5.74, 6) is 0.0145. The van der Waals surface area contributed by atoms with Crippen molar-refractivity contribution in [3.05, 3.63) is 99.0 Å². The molecule has 0 atom stereocenters. The molecule has 0 amide bonds. The normalized spacial score (nSPS) is 10.7. The highest BCUT2D eigenvalue weighted by atomic mass is 79.9. The van der Waals surface area contributed by atoms with E-state index in [1.165, 1.54) is 0 Å². The van der Waals surface area contributed by atoms with Crippen LogP contribution in [-0.4, -0.2) is 17.6 Å². The number of hydrogen-bond donors (Lipinski definition) is 2. The molecule has 4 nitrogen and oxygen atoms in total. The molecule has 0 fully saturated rings. The van der Waals surface area contributed by atoms with Gasteiger partial charge in [0.15, 0.2) is 0 Å². The minimum absolute atomic E-state index is 0.352. The van der Waals surface area contributed by atoms with Crippen molar-refractivity contribution in [2.75, 3.05) is 6.54 Å². The van der Waals surface area contributed by atoms with E-state index in [0.29, 0.717) is 18.7 Å². The molecule has 3 aromatic carbocycles. The Hall–Kier alpha value is -2.63. The highest BCUT2D eigenvalue weighted by Crippen LogP contribution is 2.20. The van der Waals surface area contributed by atoms with E-state index in [1.54, 1.807) is 6.07 Å². The molecule has 0 bridgehead atoms. The van der Waals surface area contributed by atoms with Crippen LogP contribution in [0.15, 0.2) is 71.2 Å². The number of rotatable bonds is 9. The molecule has 150 valence electrons. The number of aromatic carboxylic acids is 1. The van der Waals surface area contributed by atoms with Crippen LogP contribution in [-0.2, 0) is 19.6 Å². The van der Waals surface area contributed by atoms with Gasteiger partial charge in [-0.1, -0.05) is 58.4 Å². The summed E-state index contributed by atoms with van der Waals surface area (Å²) in [6.45, 7) is 3.86. The van der Waals surface area contributed by atoms with Crippen molar-refractivity contribution in [1.82, 2.24) is 5.32 Å². The lowest BCUT2D eigenvalue weighted by atomic mass is 10.1. The van der Waals surface area contributed by atoms with E-state index < -0.39 is 5.97 Å². The van der Waals surface area contributed by atoms with Gasteiger partial charge in [-0.2, -0.15) is 0 Å². The molecule has 0 spiro atoms. The number of aryl methyl sites for hydroxylation is 1. The number of benzene rings is 3. The molecule has 0 aromatic heterocycles. The number of para-hydroxylation sites is 1. The number of hydrogen-bond acceptors (Lipinski definition) is 3. The van der Waals surface area contributed by atoms with Crippen LogP contribution in [0, 0.1) is 6.92 Å². The summed E-state index contributed by atoms with van der Waals surface area (Å²) < 4.78 is 7.09. The van der Waals surface area contributed by atoms with Gasteiger partial charge in [-0.3, -0.25) is 0 Å². The molecule has 29 heavy (non-hydrogen) atoms. The number of carbonyl (C=O) groups is 1. The molecule has 0 saturated heterocycles. The maximum atomic E-state index is 11.1. The maximum absolute atomic E-state index is 11.1. The van der Waals surface area contributed by atoms with Crippen LogP contribution in [0.1, 0.15) is 32.6 Å². The Kier molecular flexibility index (Phi) is 7.44. The first-order valence-corrected chi connectivity index (χ1v) is 10.3. The molecule has 3 aromatic rings. The van der Waals surface area contributed by atoms with Crippen molar-refractivity contribution in [2.45, 2.75) is 26.5 Å². The van der Waals surface area contributed by atoms with Crippen molar-refractivity contribution in [1.29, 1.82) is 0 Å². The Labute approximate surface area is 179 Å². The second-order valence-corrected chi connectivity index (χ2v) is 7.82. The Balaban J connectivity index is 1.51. The van der Waals surface area contributed by atoms with E-state index in [4.69, 9.17) is 9.84 Å². The van der Waals surface area contributed by atoms with Gasteiger partial charge in [-0.15, -0.1) is 0 Å². The zero-order valence-corrected chi connectivity index (χ0v) is 17.9. The van der Waals surface area contributed by atoms with E-state index in [1.807, 2.05) is 61.5 Å². The predicted molar refractivity (Wildman–Crippen MR) is 118 cm³/mol. The topological polar surface area (TPSA) is 58.6 Å². The molecular weight excluding hydrogens is 430 g/mol. The van der Waals surface area contributed by atoms with Crippen molar-refractivity contribution in [3.8, 4) is 5.75 Å². The van der Waals surface area contributed by atoms with Crippen LogP contribution in [0.25, 0.3) is 0 Å². The minimum atomic E-state index is -0.887. The van der Waals surface area contributed by atoms with Gasteiger partial charge in [0, 0.05) is 11.0 Å². The lowest BCUT2D eigenvalue weighted by molar-refractivity contribution is 0.0696. The average Bonchev–Trinajstić information content (AvgIpc) is 2.71. The SMILES string of the molecule is Cc1cc(CNCCc2ccccc2OCc2ccc(Br)cc2)ccc1C(=O)O. The highest BCUT2D eigenvalue weighted by molar-refractivity contribution is 9.10. The minimum Gasteiger partial charge on any atom is -0.489 e. The fourth-order valence-electron chi connectivity index (χ4n) is 3.12. The van der Waals surface area contributed by atoms with Crippen molar-refractivity contribution in [2.24, 2.45) is 0 Å². The Morgan fingerprint density at radius 3 is 2.48 bits per heavy atom. The van der Waals surface area contributed by atoms with Gasteiger partial charge in [-0.05, 0) is 66.4 Å². The lowest BCUT2D eigenvalue weighted by Crippen LogP contribution is -2.17.